The Balaban J connectivity index is 0.00000900. The van der Waals surface area contributed by atoms with Gasteiger partial charge in [-0.05, 0) is 6.42 Å². The smallest absolute Gasteiger partial charge is 0.550 e. The summed E-state index contributed by atoms with van der Waals surface area (Å²) in [5, 5.41) is 10.4. The normalized spacial score (nSPS) is 13.3. The van der Waals surface area contributed by atoms with Crippen molar-refractivity contribution >= 4 is 11.8 Å². The van der Waals surface area contributed by atoms with Gasteiger partial charge in [0.05, 0.1) is 25.6 Å². The van der Waals surface area contributed by atoms with Crippen LogP contribution in [0, 0.1) is 0 Å². The van der Waals surface area contributed by atoms with Gasteiger partial charge >= 0.3 is 29.6 Å². The Hall–Kier alpha value is -0.100. The molecule has 5 nitrogen and oxygen atoms in total. The molecule has 0 saturated carbocycles. The molecular weight excluding hydrogens is 399 g/mol. The molecule has 1 aliphatic heterocycles. The summed E-state index contributed by atoms with van der Waals surface area (Å²) in [5.41, 5.74) is 0. The molecule has 0 fully saturated rings. The van der Waals surface area contributed by atoms with E-state index in [4.69, 9.17) is 4.74 Å². The molecule has 176 valence electrons. The predicted molar refractivity (Wildman–Crippen MR) is 124 cm³/mol. The van der Waals surface area contributed by atoms with Crippen molar-refractivity contribution in [3.05, 3.63) is 0 Å². The number of carboxylic acids is 1. The number of amidine groups is 1. The number of aliphatic carboxylic acids is 1. The number of unbranched alkanes of at least 4 members (excludes halogenated alkanes) is 14. The van der Waals surface area contributed by atoms with Crippen LogP contribution in [0.1, 0.15) is 116 Å². The summed E-state index contributed by atoms with van der Waals surface area (Å²) in [6.45, 7) is 5.74. The predicted octanol–water partition coefficient (Wildman–Crippen LogP) is 2.12. The summed E-state index contributed by atoms with van der Waals surface area (Å²) in [7, 11) is 0. The van der Waals surface area contributed by atoms with E-state index in [-0.39, 0.29) is 42.6 Å². The van der Waals surface area contributed by atoms with E-state index in [9.17, 15) is 9.90 Å². The maximum Gasteiger partial charge on any atom is 1.00 e. The van der Waals surface area contributed by atoms with Gasteiger partial charge in [-0.3, -0.25) is 4.99 Å². The molecule has 0 N–H and O–H groups in total. The number of aliphatic imine (C=N–C) groups is 1. The summed E-state index contributed by atoms with van der Waals surface area (Å²) in [4.78, 5) is 17.3. The minimum Gasteiger partial charge on any atom is -0.550 e. The van der Waals surface area contributed by atoms with Crippen molar-refractivity contribution in [1.82, 2.24) is 4.90 Å². The minimum atomic E-state index is -1.05. The summed E-state index contributed by atoms with van der Waals surface area (Å²) in [6.07, 6.45) is 21.9. The minimum absolute atomic E-state index is 0. The molecule has 0 bridgehead atoms. The van der Waals surface area contributed by atoms with Gasteiger partial charge in [-0.2, -0.15) is 0 Å². The van der Waals surface area contributed by atoms with Crippen molar-refractivity contribution in [2.24, 2.45) is 4.99 Å². The third kappa shape index (κ3) is 19.1. The van der Waals surface area contributed by atoms with Gasteiger partial charge in [0.2, 0.25) is 0 Å². The number of hydrogen-bond acceptors (Lipinski definition) is 5. The molecule has 0 aromatic rings. The van der Waals surface area contributed by atoms with Gasteiger partial charge in [0.15, 0.2) is 0 Å². The largest absolute Gasteiger partial charge is 1.00 e. The van der Waals surface area contributed by atoms with E-state index in [1.165, 1.54) is 102 Å². The summed E-state index contributed by atoms with van der Waals surface area (Å²) in [6, 6.07) is 0. The summed E-state index contributed by atoms with van der Waals surface area (Å²) in [5.74, 6) is 0.166. The molecule has 0 spiro atoms. The monoisotopic (exact) mass is 446 g/mol. The molecule has 1 aliphatic rings. The number of nitrogens with zero attached hydrogens (tertiary/aromatic N) is 2. The Morgan fingerprint density at radius 2 is 1.39 bits per heavy atom. The SMILES string of the molecule is CCCCCCCCCCCCCCCCCC1=NCCN1CCOCCC(=O)[O-].[Na+]. The quantitative estimate of drug-likeness (QED) is 0.189. The molecule has 0 unspecified atom stereocenters. The van der Waals surface area contributed by atoms with Crippen LogP contribution in [-0.4, -0.2) is 49.6 Å². The summed E-state index contributed by atoms with van der Waals surface area (Å²) >= 11 is 0. The van der Waals surface area contributed by atoms with E-state index in [0.29, 0.717) is 6.61 Å². The number of hydrogen-bond donors (Lipinski definition) is 0. The van der Waals surface area contributed by atoms with Gasteiger partial charge in [0.25, 0.3) is 0 Å². The van der Waals surface area contributed by atoms with Crippen LogP contribution in [0.15, 0.2) is 4.99 Å². The van der Waals surface area contributed by atoms with Gasteiger partial charge in [-0.15, -0.1) is 0 Å². The average Bonchev–Trinajstić information content (AvgIpc) is 3.17. The van der Waals surface area contributed by atoms with Gasteiger partial charge in [0, 0.05) is 31.9 Å². The van der Waals surface area contributed by atoms with Crippen LogP contribution in [0.2, 0.25) is 0 Å². The zero-order valence-corrected chi connectivity index (χ0v) is 22.7. The Bertz CT molecular complexity index is 446. The second-order valence-corrected chi connectivity index (χ2v) is 8.72. The van der Waals surface area contributed by atoms with Crippen molar-refractivity contribution in [1.29, 1.82) is 0 Å². The Morgan fingerprint density at radius 1 is 0.871 bits per heavy atom. The van der Waals surface area contributed by atoms with Gasteiger partial charge in [0.1, 0.15) is 0 Å². The zero-order valence-electron chi connectivity index (χ0n) is 20.7. The van der Waals surface area contributed by atoms with Crippen LogP contribution in [0.5, 0.6) is 0 Å². The first kappa shape index (κ1) is 30.9. The first-order chi connectivity index (χ1) is 14.7. The number of rotatable bonds is 22. The number of carbonyl (C=O) groups is 1. The van der Waals surface area contributed by atoms with Crippen LogP contribution in [0.25, 0.3) is 0 Å². The standard InChI is InChI=1S/C25H48N2O3.Na/c1-2-3-4-5-6-7-8-9-10-11-12-13-14-15-16-17-24-26-19-20-27(24)21-23-30-22-18-25(28)29;/h2-23H2,1H3,(H,28,29);/q;+1/p-1. The van der Waals surface area contributed by atoms with Crippen molar-refractivity contribution in [2.45, 2.75) is 116 Å². The van der Waals surface area contributed by atoms with Crippen LogP contribution >= 0.6 is 0 Å². The third-order valence-corrected chi connectivity index (χ3v) is 5.99. The number of carbonyl (C=O) groups excluding carboxylic acids is 1. The molecular formula is C25H47N2NaO3. The van der Waals surface area contributed by atoms with Crippen LogP contribution < -0.4 is 34.7 Å². The Kier molecular flexibility index (Phi) is 23.0. The molecule has 0 aromatic heterocycles. The van der Waals surface area contributed by atoms with E-state index in [1.807, 2.05) is 0 Å². The molecule has 0 aliphatic carbocycles. The molecule has 1 heterocycles. The van der Waals surface area contributed by atoms with E-state index in [1.54, 1.807) is 0 Å². The molecule has 1 rings (SSSR count). The second kappa shape index (κ2) is 23.1. The topological polar surface area (TPSA) is 65.0 Å². The molecule has 31 heavy (non-hydrogen) atoms. The van der Waals surface area contributed by atoms with E-state index >= 15 is 0 Å². The fourth-order valence-corrected chi connectivity index (χ4v) is 4.09. The first-order valence-corrected chi connectivity index (χ1v) is 12.8. The van der Waals surface area contributed by atoms with Crippen molar-refractivity contribution in [3.8, 4) is 0 Å². The fraction of sp³-hybridized carbons (Fsp3) is 0.920. The zero-order chi connectivity index (χ0) is 21.7. The van der Waals surface area contributed by atoms with Crippen LogP contribution in [0.3, 0.4) is 0 Å². The third-order valence-electron chi connectivity index (χ3n) is 5.99. The van der Waals surface area contributed by atoms with Crippen LogP contribution in [0.4, 0.5) is 0 Å². The molecule has 0 aromatic carbocycles. The molecule has 0 saturated heterocycles. The van der Waals surface area contributed by atoms with Crippen molar-refractivity contribution < 1.29 is 44.2 Å². The van der Waals surface area contributed by atoms with Gasteiger partial charge in [-0.25, -0.2) is 0 Å². The molecule has 0 radical (unpaired) electrons. The molecule has 0 amide bonds. The maximum absolute atomic E-state index is 10.4. The van der Waals surface area contributed by atoms with E-state index in [0.717, 1.165) is 26.1 Å². The average molecular weight is 447 g/mol. The number of ether oxygens (including phenoxy) is 1. The number of carboxylic acid groups (broad SMARTS) is 1. The van der Waals surface area contributed by atoms with Gasteiger partial charge in [-0.1, -0.05) is 96.8 Å². The van der Waals surface area contributed by atoms with Crippen molar-refractivity contribution in [3.63, 3.8) is 0 Å². The maximum atomic E-state index is 10.4. The van der Waals surface area contributed by atoms with Gasteiger partial charge < -0.3 is 19.5 Å². The molecule has 0 atom stereocenters. The van der Waals surface area contributed by atoms with E-state index < -0.39 is 5.97 Å². The van der Waals surface area contributed by atoms with E-state index in [2.05, 4.69) is 16.8 Å². The first-order valence-electron chi connectivity index (χ1n) is 12.8. The van der Waals surface area contributed by atoms with Crippen molar-refractivity contribution in [2.75, 3.05) is 32.8 Å². The summed E-state index contributed by atoms with van der Waals surface area (Å²) < 4.78 is 5.37. The van der Waals surface area contributed by atoms with Crippen LogP contribution in [-0.2, 0) is 9.53 Å². The second-order valence-electron chi connectivity index (χ2n) is 8.72. The molecule has 6 heteroatoms. The fourth-order valence-electron chi connectivity index (χ4n) is 4.09. The Morgan fingerprint density at radius 3 is 1.90 bits per heavy atom. The Labute approximate surface area is 214 Å².